The molecule has 0 saturated carbocycles. The van der Waals surface area contributed by atoms with Crippen molar-refractivity contribution in [3.63, 3.8) is 0 Å². The molecule has 0 aliphatic carbocycles. The zero-order valence-electron chi connectivity index (χ0n) is 12.3. The van der Waals surface area contributed by atoms with Crippen LogP contribution in [-0.4, -0.2) is 53.2 Å². The van der Waals surface area contributed by atoms with Crippen LogP contribution in [0.3, 0.4) is 0 Å². The Hall–Kier alpha value is -1.14. The lowest BCUT2D eigenvalue weighted by atomic mass is 10.0. The summed E-state index contributed by atoms with van der Waals surface area (Å²) in [4.78, 5) is 20.2. The van der Waals surface area contributed by atoms with E-state index in [1.54, 1.807) is 11.3 Å². The van der Waals surface area contributed by atoms with E-state index in [0.717, 1.165) is 24.3 Å². The lowest BCUT2D eigenvalue weighted by Gasteiger charge is -2.40. The Kier molecular flexibility index (Phi) is 4.75. The monoisotopic (exact) mass is 309 g/mol. The van der Waals surface area contributed by atoms with E-state index in [2.05, 4.69) is 14.8 Å². The summed E-state index contributed by atoms with van der Waals surface area (Å²) in [5, 5.41) is 11.7. The summed E-state index contributed by atoms with van der Waals surface area (Å²) in [5.74, 6) is -0.810. The smallest absolute Gasteiger partial charge is 0.309 e. The highest BCUT2D eigenvalue weighted by Gasteiger charge is 2.26. The maximum atomic E-state index is 10.7. The molecule has 2 aliphatic rings. The highest BCUT2D eigenvalue weighted by atomic mass is 32.1. The molecular formula is C15H23N3O2S. The van der Waals surface area contributed by atoms with Gasteiger partial charge in [0, 0.05) is 24.5 Å². The first-order chi connectivity index (χ1) is 10.2. The van der Waals surface area contributed by atoms with Gasteiger partial charge in [-0.05, 0) is 38.8 Å². The van der Waals surface area contributed by atoms with Gasteiger partial charge in [-0.2, -0.15) is 0 Å². The summed E-state index contributed by atoms with van der Waals surface area (Å²) in [6, 6.07) is 0.736. The molecule has 5 nitrogen and oxygen atoms in total. The average molecular weight is 309 g/mol. The second kappa shape index (κ2) is 6.75. The van der Waals surface area contributed by atoms with Gasteiger partial charge in [0.05, 0.1) is 12.1 Å². The number of carboxylic acids is 1. The van der Waals surface area contributed by atoms with E-state index < -0.39 is 5.97 Å². The van der Waals surface area contributed by atoms with Crippen LogP contribution < -0.4 is 4.90 Å². The normalized spacial score (nSPS) is 21.6. The summed E-state index contributed by atoms with van der Waals surface area (Å²) in [7, 11) is 0. The largest absolute Gasteiger partial charge is 0.481 e. The van der Waals surface area contributed by atoms with Crippen molar-refractivity contribution in [3.05, 3.63) is 11.1 Å². The van der Waals surface area contributed by atoms with Crippen LogP contribution in [0, 0.1) is 0 Å². The minimum Gasteiger partial charge on any atom is -0.481 e. The van der Waals surface area contributed by atoms with Gasteiger partial charge in [-0.25, -0.2) is 4.98 Å². The molecule has 21 heavy (non-hydrogen) atoms. The van der Waals surface area contributed by atoms with Crippen LogP contribution in [0.1, 0.15) is 37.8 Å². The summed E-state index contributed by atoms with van der Waals surface area (Å²) >= 11 is 1.57. The highest BCUT2D eigenvalue weighted by Crippen LogP contribution is 2.27. The van der Waals surface area contributed by atoms with Crippen molar-refractivity contribution in [1.82, 2.24) is 9.88 Å². The summed E-state index contributed by atoms with van der Waals surface area (Å²) in [6.07, 6.45) is 6.53. The van der Waals surface area contributed by atoms with Gasteiger partial charge in [-0.3, -0.25) is 4.79 Å². The van der Waals surface area contributed by atoms with Gasteiger partial charge in [0.2, 0.25) is 0 Å². The molecule has 0 spiro atoms. The first kappa shape index (κ1) is 14.8. The standard InChI is InChI=1S/C15H23N3O2S/c19-14(20)10-12-11-21-15(16-12)18-8-4-13(5-9-18)17-6-2-1-3-7-17/h11,13H,1-10H2,(H,19,20). The quantitative estimate of drug-likeness (QED) is 0.924. The number of anilines is 1. The number of thiazole rings is 1. The van der Waals surface area contributed by atoms with Crippen LogP contribution in [0.2, 0.25) is 0 Å². The summed E-state index contributed by atoms with van der Waals surface area (Å²) < 4.78 is 0. The van der Waals surface area contributed by atoms with Crippen molar-refractivity contribution in [1.29, 1.82) is 0 Å². The van der Waals surface area contributed by atoms with Crippen molar-refractivity contribution < 1.29 is 9.90 Å². The summed E-state index contributed by atoms with van der Waals surface area (Å²) in [6.45, 7) is 4.62. The predicted octanol–water partition coefficient (Wildman–Crippen LogP) is 2.22. The molecule has 0 unspecified atom stereocenters. The van der Waals surface area contributed by atoms with E-state index in [9.17, 15) is 4.79 Å². The van der Waals surface area contributed by atoms with E-state index in [1.165, 1.54) is 45.2 Å². The molecule has 2 aliphatic heterocycles. The Balaban J connectivity index is 1.53. The Bertz CT molecular complexity index is 477. The van der Waals surface area contributed by atoms with Gasteiger partial charge in [-0.1, -0.05) is 6.42 Å². The first-order valence-corrected chi connectivity index (χ1v) is 8.75. The van der Waals surface area contributed by atoms with Crippen LogP contribution in [0.15, 0.2) is 5.38 Å². The molecular weight excluding hydrogens is 286 g/mol. The van der Waals surface area contributed by atoms with Gasteiger partial charge in [-0.15, -0.1) is 11.3 Å². The highest BCUT2D eigenvalue weighted by molar-refractivity contribution is 7.13. The Morgan fingerprint density at radius 2 is 1.95 bits per heavy atom. The van der Waals surface area contributed by atoms with E-state index in [4.69, 9.17) is 5.11 Å². The van der Waals surface area contributed by atoms with Crippen molar-refractivity contribution in [2.45, 2.75) is 44.6 Å². The number of piperidine rings is 2. The molecule has 0 radical (unpaired) electrons. The third-order valence-electron chi connectivity index (χ3n) is 4.51. The number of carbonyl (C=O) groups is 1. The fourth-order valence-corrected chi connectivity index (χ4v) is 4.26. The third-order valence-corrected chi connectivity index (χ3v) is 5.46. The second-order valence-electron chi connectivity index (χ2n) is 6.01. The molecule has 1 aromatic rings. The van der Waals surface area contributed by atoms with Crippen molar-refractivity contribution in [3.8, 4) is 0 Å². The van der Waals surface area contributed by atoms with Gasteiger partial charge < -0.3 is 14.9 Å². The minimum atomic E-state index is -0.810. The zero-order valence-corrected chi connectivity index (χ0v) is 13.1. The van der Waals surface area contributed by atoms with E-state index in [0.29, 0.717) is 5.69 Å². The molecule has 3 rings (SSSR count). The van der Waals surface area contributed by atoms with Crippen LogP contribution in [0.4, 0.5) is 5.13 Å². The maximum absolute atomic E-state index is 10.7. The molecule has 1 aromatic heterocycles. The van der Waals surface area contributed by atoms with Gasteiger partial charge in [0.1, 0.15) is 0 Å². The number of hydrogen-bond donors (Lipinski definition) is 1. The van der Waals surface area contributed by atoms with Crippen LogP contribution in [-0.2, 0) is 11.2 Å². The fourth-order valence-electron chi connectivity index (χ4n) is 3.38. The molecule has 1 N–H and O–H groups in total. The summed E-state index contributed by atoms with van der Waals surface area (Å²) in [5.41, 5.74) is 0.681. The lowest BCUT2D eigenvalue weighted by molar-refractivity contribution is -0.136. The van der Waals surface area contributed by atoms with Crippen LogP contribution in [0.25, 0.3) is 0 Å². The van der Waals surface area contributed by atoms with Crippen molar-refractivity contribution in [2.75, 3.05) is 31.1 Å². The fraction of sp³-hybridized carbons (Fsp3) is 0.733. The molecule has 2 fully saturated rings. The van der Waals surface area contributed by atoms with Gasteiger partial charge in [0.25, 0.3) is 0 Å². The van der Waals surface area contributed by atoms with Gasteiger partial charge in [0.15, 0.2) is 5.13 Å². The number of aliphatic carboxylic acids is 1. The van der Waals surface area contributed by atoms with Crippen molar-refractivity contribution in [2.24, 2.45) is 0 Å². The Morgan fingerprint density at radius 1 is 1.24 bits per heavy atom. The molecule has 6 heteroatoms. The topological polar surface area (TPSA) is 56.7 Å². The number of rotatable bonds is 4. The predicted molar refractivity (Wildman–Crippen MR) is 84.1 cm³/mol. The third kappa shape index (κ3) is 3.74. The number of nitrogens with zero attached hydrogens (tertiary/aromatic N) is 3. The molecule has 3 heterocycles. The lowest BCUT2D eigenvalue weighted by Crippen LogP contribution is -2.46. The Morgan fingerprint density at radius 3 is 2.62 bits per heavy atom. The molecule has 0 bridgehead atoms. The Labute approximate surface area is 129 Å². The average Bonchev–Trinajstić information content (AvgIpc) is 2.96. The van der Waals surface area contributed by atoms with E-state index in [1.807, 2.05) is 5.38 Å². The van der Waals surface area contributed by atoms with E-state index in [-0.39, 0.29) is 6.42 Å². The van der Waals surface area contributed by atoms with E-state index >= 15 is 0 Å². The number of likely N-dealkylation sites (tertiary alicyclic amines) is 1. The number of carboxylic acid groups (broad SMARTS) is 1. The molecule has 0 amide bonds. The van der Waals surface area contributed by atoms with Crippen molar-refractivity contribution >= 4 is 22.4 Å². The van der Waals surface area contributed by atoms with Gasteiger partial charge >= 0.3 is 5.97 Å². The van der Waals surface area contributed by atoms with Crippen LogP contribution in [0.5, 0.6) is 0 Å². The molecule has 0 aromatic carbocycles. The number of aromatic nitrogens is 1. The first-order valence-electron chi connectivity index (χ1n) is 7.87. The second-order valence-corrected chi connectivity index (χ2v) is 6.84. The SMILES string of the molecule is O=C(O)Cc1csc(N2CCC(N3CCCCC3)CC2)n1. The van der Waals surface area contributed by atoms with Crippen LogP contribution >= 0.6 is 11.3 Å². The zero-order chi connectivity index (χ0) is 14.7. The number of hydrogen-bond acceptors (Lipinski definition) is 5. The molecule has 0 atom stereocenters. The molecule has 2 saturated heterocycles. The molecule has 116 valence electrons. The maximum Gasteiger partial charge on any atom is 0.309 e. The minimum absolute atomic E-state index is 0.0285.